The standard InChI is InChI=1S/C57H36N2/c1-3-17-37(18-4-1)39-22-15-24-42(33-39)52-36-53(59-56(58-52)43-25-16-23-40(34-43)38-19-5-2-6-20-38)48-35-41-21-7-8-26-44(41)55-54(48)47-29-11-14-32-51(47)57(55)49-30-12-9-27-45(49)46-28-10-13-31-50(46)57/h1-36H. The fourth-order valence-corrected chi connectivity index (χ4v) is 10.00. The van der Waals surface area contributed by atoms with Crippen molar-refractivity contribution in [3.05, 3.63) is 241 Å². The van der Waals surface area contributed by atoms with Gasteiger partial charge in [0.15, 0.2) is 5.82 Å². The van der Waals surface area contributed by atoms with Crippen molar-refractivity contribution in [1.82, 2.24) is 9.97 Å². The lowest BCUT2D eigenvalue weighted by Crippen LogP contribution is -2.26. The fraction of sp³-hybridized carbons (Fsp3) is 0.0175. The Labute approximate surface area is 343 Å². The Morgan fingerprint density at radius 3 is 1.44 bits per heavy atom. The normalized spacial score (nSPS) is 12.9. The topological polar surface area (TPSA) is 25.8 Å². The van der Waals surface area contributed by atoms with E-state index in [1.807, 2.05) is 0 Å². The third-order valence-electron chi connectivity index (χ3n) is 12.5. The first-order chi connectivity index (χ1) is 29.3. The Bertz CT molecular complexity index is 3130. The van der Waals surface area contributed by atoms with E-state index in [4.69, 9.17) is 9.97 Å². The van der Waals surface area contributed by atoms with Crippen LogP contribution in [0.15, 0.2) is 218 Å². The van der Waals surface area contributed by atoms with Crippen LogP contribution >= 0.6 is 0 Å². The van der Waals surface area contributed by atoms with E-state index in [1.54, 1.807) is 0 Å². The van der Waals surface area contributed by atoms with Crippen LogP contribution in [0.4, 0.5) is 0 Å². The molecule has 0 N–H and O–H groups in total. The van der Waals surface area contributed by atoms with E-state index in [2.05, 4.69) is 218 Å². The molecule has 2 aliphatic rings. The van der Waals surface area contributed by atoms with E-state index in [0.29, 0.717) is 5.82 Å². The van der Waals surface area contributed by atoms with Crippen molar-refractivity contribution in [2.24, 2.45) is 0 Å². The molecule has 12 rings (SSSR count). The van der Waals surface area contributed by atoms with E-state index in [9.17, 15) is 0 Å². The van der Waals surface area contributed by atoms with Crippen molar-refractivity contribution in [2.75, 3.05) is 0 Å². The van der Waals surface area contributed by atoms with E-state index in [1.165, 1.54) is 60.8 Å². The molecule has 1 heterocycles. The van der Waals surface area contributed by atoms with Crippen molar-refractivity contribution in [3.63, 3.8) is 0 Å². The number of benzene rings is 9. The largest absolute Gasteiger partial charge is 0.228 e. The molecule has 2 aliphatic carbocycles. The Morgan fingerprint density at radius 1 is 0.305 bits per heavy atom. The van der Waals surface area contributed by atoms with Gasteiger partial charge in [-0.3, -0.25) is 0 Å². The lowest BCUT2D eigenvalue weighted by molar-refractivity contribution is 0.801. The SMILES string of the molecule is c1ccc(-c2cccc(-c3cc(-c4cc5ccccc5c5c4-c4ccccc4C54c5ccccc5-c5ccccc54)nc(-c4cccc(-c5ccccc5)c4)n3)c2)cc1. The van der Waals surface area contributed by atoms with E-state index in [-0.39, 0.29) is 0 Å². The maximum atomic E-state index is 5.56. The monoisotopic (exact) mass is 748 g/mol. The zero-order valence-electron chi connectivity index (χ0n) is 32.2. The quantitative estimate of drug-likeness (QED) is 0.175. The molecule has 0 bridgehead atoms. The van der Waals surface area contributed by atoms with Crippen molar-refractivity contribution in [2.45, 2.75) is 5.41 Å². The second-order valence-electron chi connectivity index (χ2n) is 15.6. The minimum absolute atomic E-state index is 0.499. The lowest BCUT2D eigenvalue weighted by atomic mass is 9.69. The highest BCUT2D eigenvalue weighted by atomic mass is 14.9. The summed E-state index contributed by atoms with van der Waals surface area (Å²) in [7, 11) is 0. The predicted molar refractivity (Wildman–Crippen MR) is 243 cm³/mol. The number of hydrogen-bond acceptors (Lipinski definition) is 2. The summed E-state index contributed by atoms with van der Waals surface area (Å²) >= 11 is 0. The second kappa shape index (κ2) is 13.2. The van der Waals surface area contributed by atoms with Gasteiger partial charge in [0.25, 0.3) is 0 Å². The first-order valence-electron chi connectivity index (χ1n) is 20.3. The Hall–Kier alpha value is -7.68. The van der Waals surface area contributed by atoms with Crippen molar-refractivity contribution < 1.29 is 0 Å². The smallest absolute Gasteiger partial charge is 0.160 e. The lowest BCUT2D eigenvalue weighted by Gasteiger charge is -2.31. The second-order valence-corrected chi connectivity index (χ2v) is 15.6. The van der Waals surface area contributed by atoms with Crippen LogP contribution in [0.25, 0.3) is 89.2 Å². The summed E-state index contributed by atoms with van der Waals surface area (Å²) < 4.78 is 0. The minimum Gasteiger partial charge on any atom is -0.228 e. The molecule has 0 fully saturated rings. The molecule has 0 saturated carbocycles. The average Bonchev–Trinajstić information content (AvgIpc) is 3.80. The third kappa shape index (κ3) is 5.06. The van der Waals surface area contributed by atoms with E-state index in [0.717, 1.165) is 44.8 Å². The summed E-state index contributed by atoms with van der Waals surface area (Å²) in [5.41, 5.74) is 19.4. The van der Waals surface area contributed by atoms with Gasteiger partial charge >= 0.3 is 0 Å². The van der Waals surface area contributed by atoms with Crippen LogP contribution in [-0.2, 0) is 5.41 Å². The van der Waals surface area contributed by atoms with Gasteiger partial charge in [-0.1, -0.05) is 194 Å². The van der Waals surface area contributed by atoms with Gasteiger partial charge < -0.3 is 0 Å². The molecule has 0 atom stereocenters. The van der Waals surface area contributed by atoms with E-state index < -0.39 is 5.41 Å². The Morgan fingerprint density at radius 2 is 0.780 bits per heavy atom. The van der Waals surface area contributed by atoms with Crippen LogP contribution in [0.3, 0.4) is 0 Å². The number of aromatic nitrogens is 2. The molecule has 1 aromatic heterocycles. The molecule has 274 valence electrons. The number of nitrogens with zero attached hydrogens (tertiary/aromatic N) is 2. The summed E-state index contributed by atoms with van der Waals surface area (Å²) in [6.07, 6.45) is 0. The van der Waals surface area contributed by atoms with Gasteiger partial charge in [-0.2, -0.15) is 0 Å². The summed E-state index contributed by atoms with van der Waals surface area (Å²) in [5, 5.41) is 2.45. The van der Waals surface area contributed by atoms with Gasteiger partial charge in [-0.15, -0.1) is 0 Å². The Balaban J connectivity index is 1.17. The van der Waals surface area contributed by atoms with Crippen molar-refractivity contribution in [3.8, 4) is 78.4 Å². The maximum absolute atomic E-state index is 5.56. The first kappa shape index (κ1) is 33.5. The van der Waals surface area contributed by atoms with Crippen LogP contribution in [0, 0.1) is 0 Å². The third-order valence-corrected chi connectivity index (χ3v) is 12.5. The van der Waals surface area contributed by atoms with Crippen LogP contribution in [0.2, 0.25) is 0 Å². The number of rotatable bonds is 5. The highest BCUT2D eigenvalue weighted by Gasteiger charge is 2.53. The highest BCUT2D eigenvalue weighted by Crippen LogP contribution is 2.65. The van der Waals surface area contributed by atoms with Gasteiger partial charge in [-0.25, -0.2) is 9.97 Å². The zero-order chi connectivity index (χ0) is 38.9. The summed E-state index contributed by atoms with van der Waals surface area (Å²) in [6, 6.07) is 79.1. The van der Waals surface area contributed by atoms with Crippen LogP contribution < -0.4 is 0 Å². The van der Waals surface area contributed by atoms with Gasteiger partial charge in [0.1, 0.15) is 0 Å². The van der Waals surface area contributed by atoms with Crippen LogP contribution in [-0.4, -0.2) is 9.97 Å². The molecule has 2 nitrogen and oxygen atoms in total. The molecule has 1 spiro atoms. The molecular weight excluding hydrogens is 713 g/mol. The maximum Gasteiger partial charge on any atom is 0.160 e. The number of fused-ring (bicyclic) bond motifs is 12. The highest BCUT2D eigenvalue weighted by molar-refractivity contribution is 6.08. The van der Waals surface area contributed by atoms with Crippen LogP contribution in [0.1, 0.15) is 22.3 Å². The molecule has 0 unspecified atom stereocenters. The Kier molecular flexibility index (Phi) is 7.48. The van der Waals surface area contributed by atoms with Gasteiger partial charge in [0, 0.05) is 16.7 Å². The summed E-state index contributed by atoms with van der Waals surface area (Å²) in [4.78, 5) is 11.0. The molecule has 0 saturated heterocycles. The van der Waals surface area contributed by atoms with Crippen molar-refractivity contribution >= 4 is 10.8 Å². The van der Waals surface area contributed by atoms with Crippen molar-refractivity contribution in [1.29, 1.82) is 0 Å². The van der Waals surface area contributed by atoms with Gasteiger partial charge in [0.05, 0.1) is 16.8 Å². The predicted octanol–water partition coefficient (Wildman–Crippen LogP) is 14.3. The summed E-state index contributed by atoms with van der Waals surface area (Å²) in [5.74, 6) is 0.694. The van der Waals surface area contributed by atoms with Crippen LogP contribution in [0.5, 0.6) is 0 Å². The molecule has 59 heavy (non-hydrogen) atoms. The number of hydrogen-bond donors (Lipinski definition) is 0. The molecular formula is C57H36N2. The molecule has 2 heteroatoms. The molecule has 0 radical (unpaired) electrons. The van der Waals surface area contributed by atoms with Gasteiger partial charge in [-0.05, 0) is 102 Å². The minimum atomic E-state index is -0.499. The fourth-order valence-electron chi connectivity index (χ4n) is 10.00. The van der Waals surface area contributed by atoms with Gasteiger partial charge in [0.2, 0.25) is 0 Å². The molecule has 0 amide bonds. The average molecular weight is 749 g/mol. The van der Waals surface area contributed by atoms with E-state index >= 15 is 0 Å². The molecule has 9 aromatic carbocycles. The molecule has 10 aromatic rings. The first-order valence-corrected chi connectivity index (χ1v) is 20.3. The summed E-state index contributed by atoms with van der Waals surface area (Å²) in [6.45, 7) is 0. The molecule has 0 aliphatic heterocycles. The zero-order valence-corrected chi connectivity index (χ0v) is 32.2.